The highest BCUT2D eigenvalue weighted by molar-refractivity contribution is 5.62. The molecule has 4 rings (SSSR count). The molecule has 0 unspecified atom stereocenters. The van der Waals surface area contributed by atoms with Crippen LogP contribution in [0.4, 0.5) is 36.3 Å². The van der Waals surface area contributed by atoms with Gasteiger partial charge in [-0.3, -0.25) is 0 Å². The number of hydrogen-bond acceptors (Lipinski definition) is 7. The molecule has 0 aliphatic carbocycles. The van der Waals surface area contributed by atoms with Gasteiger partial charge in [0.15, 0.2) is 0 Å². The normalized spacial score (nSPS) is 13.9. The van der Waals surface area contributed by atoms with Crippen LogP contribution in [0, 0.1) is 0 Å². The van der Waals surface area contributed by atoms with Crippen LogP contribution in [-0.4, -0.2) is 46.6 Å². The predicted molar refractivity (Wildman–Crippen MR) is 141 cm³/mol. The summed E-state index contributed by atoms with van der Waals surface area (Å²) in [5, 5.41) is 3.41. The molecule has 0 atom stereocenters. The van der Waals surface area contributed by atoms with Crippen LogP contribution < -0.4 is 15.1 Å². The average molecular weight is 514 g/mol. The summed E-state index contributed by atoms with van der Waals surface area (Å²) in [7, 11) is 2.03. The molecule has 198 valence electrons. The maximum atomic E-state index is 13.6. The SMILES string of the molecule is CCCCN(C)c1ccc(Nc2nc(C(C)C)nc3c2CCN(c2ncccc2C(F)(F)F)CC3)cn1. The molecule has 0 spiro atoms. The van der Waals surface area contributed by atoms with Crippen LogP contribution >= 0.6 is 0 Å². The van der Waals surface area contributed by atoms with Crippen molar-refractivity contribution in [3.8, 4) is 0 Å². The summed E-state index contributed by atoms with van der Waals surface area (Å²) in [6.45, 7) is 7.93. The number of pyridine rings is 2. The van der Waals surface area contributed by atoms with Crippen molar-refractivity contribution >= 4 is 23.1 Å². The highest BCUT2D eigenvalue weighted by Gasteiger charge is 2.36. The van der Waals surface area contributed by atoms with E-state index in [0.29, 0.717) is 37.6 Å². The third kappa shape index (κ3) is 6.29. The van der Waals surface area contributed by atoms with Crippen molar-refractivity contribution in [2.45, 2.75) is 58.5 Å². The molecule has 1 aliphatic heterocycles. The molecule has 3 aromatic rings. The van der Waals surface area contributed by atoms with Gasteiger partial charge in [-0.2, -0.15) is 13.2 Å². The topological polar surface area (TPSA) is 70.1 Å². The molecule has 0 aromatic carbocycles. The number of unbranched alkanes of at least 4 members (excludes halogenated alkanes) is 1. The van der Waals surface area contributed by atoms with Crippen LogP contribution in [0.1, 0.15) is 62.2 Å². The van der Waals surface area contributed by atoms with Gasteiger partial charge < -0.3 is 15.1 Å². The lowest BCUT2D eigenvalue weighted by atomic mass is 10.1. The number of aromatic nitrogens is 4. The van der Waals surface area contributed by atoms with Crippen molar-refractivity contribution in [2.24, 2.45) is 0 Å². The Morgan fingerprint density at radius 1 is 1.08 bits per heavy atom. The molecule has 4 heterocycles. The van der Waals surface area contributed by atoms with Crippen LogP contribution in [0.3, 0.4) is 0 Å². The highest BCUT2D eigenvalue weighted by Crippen LogP contribution is 2.36. The van der Waals surface area contributed by atoms with Crippen LogP contribution in [0.25, 0.3) is 0 Å². The Labute approximate surface area is 216 Å². The number of halogens is 3. The number of rotatable bonds is 8. The van der Waals surface area contributed by atoms with E-state index >= 15 is 0 Å². The Kier molecular flexibility index (Phi) is 8.14. The standard InChI is InChI=1S/C27H34F3N7/c1-5-6-14-36(4)23-10-9-19(17-32-23)33-25-20-11-15-37(16-12-22(20)34-24(35-25)18(2)3)26-21(27(28,29)30)8-7-13-31-26/h7-10,13,17-18H,5-6,11-12,14-16H2,1-4H3,(H,33,34,35). The van der Waals surface area contributed by atoms with Crippen molar-refractivity contribution in [1.82, 2.24) is 19.9 Å². The average Bonchev–Trinajstić information content (AvgIpc) is 3.10. The molecule has 37 heavy (non-hydrogen) atoms. The van der Waals surface area contributed by atoms with Crippen molar-refractivity contribution in [2.75, 3.05) is 41.8 Å². The summed E-state index contributed by atoms with van der Waals surface area (Å²) >= 11 is 0. The second-order valence-corrected chi connectivity index (χ2v) is 9.67. The van der Waals surface area contributed by atoms with Gasteiger partial charge in [0.2, 0.25) is 0 Å². The smallest absolute Gasteiger partial charge is 0.360 e. The van der Waals surface area contributed by atoms with Crippen LogP contribution in [-0.2, 0) is 19.0 Å². The Balaban J connectivity index is 1.60. The summed E-state index contributed by atoms with van der Waals surface area (Å²) in [6.07, 6.45) is 1.94. The Hall–Kier alpha value is -3.43. The molecule has 3 aromatic heterocycles. The van der Waals surface area contributed by atoms with E-state index in [1.807, 2.05) is 33.0 Å². The zero-order valence-corrected chi connectivity index (χ0v) is 21.8. The number of nitrogens with one attached hydrogen (secondary N) is 1. The van der Waals surface area contributed by atoms with Gasteiger partial charge in [0.25, 0.3) is 0 Å². The fraction of sp³-hybridized carbons (Fsp3) is 0.481. The van der Waals surface area contributed by atoms with Gasteiger partial charge in [0.1, 0.15) is 23.3 Å². The van der Waals surface area contributed by atoms with E-state index in [-0.39, 0.29) is 11.7 Å². The van der Waals surface area contributed by atoms with E-state index < -0.39 is 11.7 Å². The van der Waals surface area contributed by atoms with E-state index in [9.17, 15) is 13.2 Å². The monoisotopic (exact) mass is 513 g/mol. The number of anilines is 4. The van der Waals surface area contributed by atoms with E-state index in [0.717, 1.165) is 48.2 Å². The number of fused-ring (bicyclic) bond motifs is 1. The number of nitrogens with zero attached hydrogens (tertiary/aromatic N) is 6. The van der Waals surface area contributed by atoms with Crippen molar-refractivity contribution in [3.05, 3.63) is 59.3 Å². The maximum Gasteiger partial charge on any atom is 0.419 e. The third-order valence-corrected chi connectivity index (χ3v) is 6.52. The molecular weight excluding hydrogens is 479 g/mol. The minimum absolute atomic E-state index is 0.0404. The minimum atomic E-state index is -4.47. The Morgan fingerprint density at radius 3 is 2.54 bits per heavy atom. The predicted octanol–water partition coefficient (Wildman–Crippen LogP) is 5.99. The van der Waals surface area contributed by atoms with Crippen molar-refractivity contribution in [3.63, 3.8) is 0 Å². The van der Waals surface area contributed by atoms with Gasteiger partial charge in [-0.05, 0) is 37.1 Å². The molecule has 10 heteroatoms. The first-order valence-corrected chi connectivity index (χ1v) is 12.8. The van der Waals surface area contributed by atoms with E-state index in [1.165, 1.54) is 12.3 Å². The van der Waals surface area contributed by atoms with Crippen LogP contribution in [0.15, 0.2) is 36.7 Å². The van der Waals surface area contributed by atoms with Gasteiger partial charge in [0.05, 0.1) is 23.1 Å². The Morgan fingerprint density at radius 2 is 1.86 bits per heavy atom. The molecule has 0 radical (unpaired) electrons. The van der Waals surface area contributed by atoms with Gasteiger partial charge in [0, 0.05) is 50.8 Å². The van der Waals surface area contributed by atoms with E-state index in [1.54, 1.807) is 11.1 Å². The fourth-order valence-corrected chi connectivity index (χ4v) is 4.39. The van der Waals surface area contributed by atoms with Crippen molar-refractivity contribution in [1.29, 1.82) is 0 Å². The molecule has 0 fully saturated rings. The van der Waals surface area contributed by atoms with Crippen LogP contribution in [0.2, 0.25) is 0 Å². The second-order valence-electron chi connectivity index (χ2n) is 9.67. The minimum Gasteiger partial charge on any atom is -0.360 e. The molecule has 1 aliphatic rings. The number of hydrogen-bond donors (Lipinski definition) is 1. The van der Waals surface area contributed by atoms with Crippen molar-refractivity contribution < 1.29 is 13.2 Å². The summed E-state index contributed by atoms with van der Waals surface area (Å²) in [5.41, 5.74) is 1.86. The molecule has 0 saturated carbocycles. The van der Waals surface area contributed by atoms with Gasteiger partial charge >= 0.3 is 6.18 Å². The second kappa shape index (κ2) is 11.3. The lowest BCUT2D eigenvalue weighted by Crippen LogP contribution is -2.29. The highest BCUT2D eigenvalue weighted by atomic mass is 19.4. The molecular formula is C27H34F3N7. The maximum absolute atomic E-state index is 13.6. The largest absolute Gasteiger partial charge is 0.419 e. The Bertz CT molecular complexity index is 1200. The molecule has 1 N–H and O–H groups in total. The fourth-order valence-electron chi connectivity index (χ4n) is 4.39. The lowest BCUT2D eigenvalue weighted by Gasteiger charge is -2.24. The van der Waals surface area contributed by atoms with Gasteiger partial charge in [-0.25, -0.2) is 19.9 Å². The van der Waals surface area contributed by atoms with Gasteiger partial charge in [-0.1, -0.05) is 27.2 Å². The molecule has 7 nitrogen and oxygen atoms in total. The molecule has 0 saturated heterocycles. The number of alkyl halides is 3. The first-order chi connectivity index (χ1) is 17.7. The zero-order chi connectivity index (χ0) is 26.6. The summed E-state index contributed by atoms with van der Waals surface area (Å²) in [6, 6.07) is 6.35. The summed E-state index contributed by atoms with van der Waals surface area (Å²) in [5.74, 6) is 2.34. The van der Waals surface area contributed by atoms with Crippen LogP contribution in [0.5, 0.6) is 0 Å². The van der Waals surface area contributed by atoms with Gasteiger partial charge in [-0.15, -0.1) is 0 Å². The zero-order valence-electron chi connectivity index (χ0n) is 21.8. The first kappa shape index (κ1) is 26.6. The summed E-state index contributed by atoms with van der Waals surface area (Å²) < 4.78 is 40.9. The third-order valence-electron chi connectivity index (χ3n) is 6.52. The first-order valence-electron chi connectivity index (χ1n) is 12.8. The summed E-state index contributed by atoms with van der Waals surface area (Å²) in [4.78, 5) is 22.1. The quantitative estimate of drug-likeness (QED) is 0.397. The molecule has 0 bridgehead atoms. The lowest BCUT2D eigenvalue weighted by molar-refractivity contribution is -0.137. The van der Waals surface area contributed by atoms with E-state index in [4.69, 9.17) is 9.97 Å². The van der Waals surface area contributed by atoms with E-state index in [2.05, 4.69) is 27.1 Å². The molecule has 0 amide bonds.